The fourth-order valence-corrected chi connectivity index (χ4v) is 6.41. The van der Waals surface area contributed by atoms with Crippen LogP contribution in [0.15, 0.2) is 30.3 Å². The molecule has 0 bridgehead atoms. The molecular formula is C14H24NO2PS. The van der Waals surface area contributed by atoms with Crippen LogP contribution in [0.5, 0.6) is 5.75 Å². The number of benzene rings is 1. The molecule has 1 unspecified atom stereocenters. The van der Waals surface area contributed by atoms with E-state index < -0.39 is 6.72 Å². The highest BCUT2D eigenvalue weighted by atomic mass is 32.7. The SMILES string of the molecule is CCCCSP(=O)(Oc1ccccc1)N(CC)CC. The van der Waals surface area contributed by atoms with Gasteiger partial charge in [0, 0.05) is 18.8 Å². The molecular weight excluding hydrogens is 277 g/mol. The molecule has 0 radical (unpaired) electrons. The predicted octanol–water partition coefficient (Wildman–Crippen LogP) is 5.05. The van der Waals surface area contributed by atoms with Crippen molar-refractivity contribution in [2.75, 3.05) is 18.8 Å². The van der Waals surface area contributed by atoms with Gasteiger partial charge in [0.25, 0.3) is 0 Å². The fraction of sp³-hybridized carbons (Fsp3) is 0.571. The molecule has 0 aromatic heterocycles. The maximum atomic E-state index is 13.1. The average molecular weight is 301 g/mol. The summed E-state index contributed by atoms with van der Waals surface area (Å²) in [5.41, 5.74) is 0. The lowest BCUT2D eigenvalue weighted by atomic mass is 10.3. The molecule has 19 heavy (non-hydrogen) atoms. The zero-order chi connectivity index (χ0) is 14.1. The molecule has 1 atom stereocenters. The first-order valence-electron chi connectivity index (χ1n) is 6.90. The zero-order valence-electron chi connectivity index (χ0n) is 12.0. The van der Waals surface area contributed by atoms with Crippen LogP contribution in [0.25, 0.3) is 0 Å². The smallest absolute Gasteiger partial charge is 0.376 e. The topological polar surface area (TPSA) is 29.5 Å². The Morgan fingerprint density at radius 3 is 2.32 bits per heavy atom. The van der Waals surface area contributed by atoms with E-state index >= 15 is 0 Å². The number of hydrogen-bond donors (Lipinski definition) is 0. The van der Waals surface area contributed by atoms with Gasteiger partial charge < -0.3 is 4.52 Å². The minimum atomic E-state index is -2.83. The molecule has 0 N–H and O–H groups in total. The number of hydrogen-bond acceptors (Lipinski definition) is 3. The van der Waals surface area contributed by atoms with E-state index in [1.165, 1.54) is 11.4 Å². The van der Waals surface area contributed by atoms with E-state index in [4.69, 9.17) is 4.52 Å². The van der Waals surface area contributed by atoms with Gasteiger partial charge in [-0.3, -0.25) is 0 Å². The molecule has 0 heterocycles. The Balaban J connectivity index is 2.82. The summed E-state index contributed by atoms with van der Waals surface area (Å²) < 4.78 is 20.9. The molecule has 5 heteroatoms. The summed E-state index contributed by atoms with van der Waals surface area (Å²) >= 11 is 1.46. The highest BCUT2D eigenvalue weighted by Crippen LogP contribution is 2.61. The van der Waals surface area contributed by atoms with Crippen LogP contribution in [-0.2, 0) is 4.57 Å². The molecule has 1 rings (SSSR count). The zero-order valence-corrected chi connectivity index (χ0v) is 13.8. The van der Waals surface area contributed by atoms with Gasteiger partial charge >= 0.3 is 6.72 Å². The van der Waals surface area contributed by atoms with Crippen molar-refractivity contribution >= 4 is 18.1 Å². The lowest BCUT2D eigenvalue weighted by molar-refractivity contribution is 0.389. The first kappa shape index (κ1) is 16.6. The van der Waals surface area contributed by atoms with Gasteiger partial charge in [-0.05, 0) is 29.9 Å². The van der Waals surface area contributed by atoms with Crippen molar-refractivity contribution in [1.82, 2.24) is 4.67 Å². The molecule has 1 aromatic rings. The van der Waals surface area contributed by atoms with E-state index in [1.54, 1.807) is 0 Å². The lowest BCUT2D eigenvalue weighted by Gasteiger charge is -2.28. The van der Waals surface area contributed by atoms with Crippen LogP contribution in [-0.4, -0.2) is 23.5 Å². The minimum Gasteiger partial charge on any atom is -0.425 e. The molecule has 0 aliphatic rings. The normalized spacial score (nSPS) is 14.3. The Hall–Kier alpha value is -0.440. The van der Waals surface area contributed by atoms with Gasteiger partial charge in [-0.25, -0.2) is 9.24 Å². The van der Waals surface area contributed by atoms with Gasteiger partial charge in [0.05, 0.1) is 0 Å². The quantitative estimate of drug-likeness (QED) is 0.471. The maximum absolute atomic E-state index is 13.1. The highest BCUT2D eigenvalue weighted by molar-refractivity contribution is 8.55. The Morgan fingerprint density at radius 2 is 1.79 bits per heavy atom. The third-order valence-electron chi connectivity index (χ3n) is 2.79. The van der Waals surface area contributed by atoms with Crippen LogP contribution in [0, 0.1) is 0 Å². The Labute approximate surface area is 121 Å². The summed E-state index contributed by atoms with van der Waals surface area (Å²) in [5.74, 6) is 1.55. The van der Waals surface area contributed by atoms with Crippen molar-refractivity contribution in [1.29, 1.82) is 0 Å². The van der Waals surface area contributed by atoms with Crippen molar-refractivity contribution in [3.8, 4) is 5.75 Å². The Morgan fingerprint density at radius 1 is 1.16 bits per heavy atom. The summed E-state index contributed by atoms with van der Waals surface area (Å²) in [5, 5.41) is 0. The second-order valence-electron chi connectivity index (χ2n) is 4.20. The molecule has 0 saturated heterocycles. The number of rotatable bonds is 9. The largest absolute Gasteiger partial charge is 0.425 e. The number of para-hydroxylation sites is 1. The summed E-state index contributed by atoms with van der Waals surface area (Å²) in [6.07, 6.45) is 2.17. The first-order valence-corrected chi connectivity index (χ1v) is 10.1. The van der Waals surface area contributed by atoms with Crippen molar-refractivity contribution in [2.24, 2.45) is 0 Å². The van der Waals surface area contributed by atoms with Crippen LogP contribution in [0.3, 0.4) is 0 Å². The summed E-state index contributed by atoms with van der Waals surface area (Å²) in [4.78, 5) is 0. The lowest BCUT2D eigenvalue weighted by Crippen LogP contribution is -2.21. The Bertz CT molecular complexity index is 396. The van der Waals surface area contributed by atoms with Gasteiger partial charge in [-0.15, -0.1) is 0 Å². The standard InChI is InChI=1S/C14H24NO2PS/c1-4-7-13-19-18(16,15(5-2)6-3)17-14-11-9-8-10-12-14/h8-12H,4-7,13H2,1-3H3. The van der Waals surface area contributed by atoms with Crippen molar-refractivity contribution < 1.29 is 9.09 Å². The molecule has 0 fully saturated rings. The second kappa shape index (κ2) is 8.68. The molecule has 0 aliphatic carbocycles. The fourth-order valence-electron chi connectivity index (χ4n) is 1.67. The van der Waals surface area contributed by atoms with E-state index in [2.05, 4.69) is 6.92 Å². The number of unbranched alkanes of at least 4 members (excludes halogenated alkanes) is 1. The average Bonchev–Trinajstić information content (AvgIpc) is 2.41. The maximum Gasteiger partial charge on any atom is 0.376 e. The molecule has 0 saturated carbocycles. The predicted molar refractivity (Wildman–Crippen MR) is 85.0 cm³/mol. The van der Waals surface area contributed by atoms with Gasteiger partial charge in [-0.2, -0.15) is 0 Å². The van der Waals surface area contributed by atoms with E-state index in [9.17, 15) is 4.57 Å². The van der Waals surface area contributed by atoms with Gasteiger partial charge in [0.1, 0.15) is 5.75 Å². The number of nitrogens with zero attached hydrogens (tertiary/aromatic N) is 1. The second-order valence-corrected chi connectivity index (χ2v) is 8.71. The third kappa shape index (κ3) is 5.21. The van der Waals surface area contributed by atoms with E-state index in [-0.39, 0.29) is 0 Å². The van der Waals surface area contributed by atoms with E-state index in [1.807, 2.05) is 48.8 Å². The Kier molecular flexibility index (Phi) is 7.59. The summed E-state index contributed by atoms with van der Waals surface area (Å²) in [7, 11) is 0. The van der Waals surface area contributed by atoms with Gasteiger partial charge in [0.2, 0.25) is 0 Å². The van der Waals surface area contributed by atoms with Gasteiger partial charge in [0.15, 0.2) is 0 Å². The van der Waals surface area contributed by atoms with Crippen molar-refractivity contribution in [2.45, 2.75) is 33.6 Å². The molecule has 0 aliphatic heterocycles. The molecule has 1 aromatic carbocycles. The minimum absolute atomic E-state index is 0.682. The van der Waals surface area contributed by atoms with Crippen LogP contribution in [0.1, 0.15) is 33.6 Å². The monoisotopic (exact) mass is 301 g/mol. The van der Waals surface area contributed by atoms with E-state index in [0.29, 0.717) is 5.75 Å². The van der Waals surface area contributed by atoms with Crippen LogP contribution < -0.4 is 4.52 Å². The van der Waals surface area contributed by atoms with Crippen LogP contribution in [0.4, 0.5) is 0 Å². The summed E-state index contributed by atoms with van der Waals surface area (Å²) in [6, 6.07) is 9.45. The molecule has 108 valence electrons. The third-order valence-corrected chi connectivity index (χ3v) is 7.73. The molecule has 0 amide bonds. The molecule has 0 spiro atoms. The van der Waals surface area contributed by atoms with Crippen LogP contribution >= 0.6 is 18.1 Å². The van der Waals surface area contributed by atoms with Crippen LogP contribution in [0.2, 0.25) is 0 Å². The highest BCUT2D eigenvalue weighted by Gasteiger charge is 2.31. The summed E-state index contributed by atoms with van der Waals surface area (Å²) in [6.45, 7) is 4.82. The van der Waals surface area contributed by atoms with Crippen molar-refractivity contribution in [3.05, 3.63) is 30.3 Å². The van der Waals surface area contributed by atoms with Crippen molar-refractivity contribution in [3.63, 3.8) is 0 Å². The van der Waals surface area contributed by atoms with Gasteiger partial charge in [-0.1, -0.05) is 45.4 Å². The van der Waals surface area contributed by atoms with E-state index in [0.717, 1.165) is 31.7 Å². The first-order chi connectivity index (χ1) is 9.16. The molecule has 3 nitrogen and oxygen atoms in total.